The third-order valence-corrected chi connectivity index (χ3v) is 6.66. The summed E-state index contributed by atoms with van der Waals surface area (Å²) in [6.07, 6.45) is 1.71. The van der Waals surface area contributed by atoms with Crippen LogP contribution in [0.5, 0.6) is 0 Å². The van der Waals surface area contributed by atoms with Crippen LogP contribution in [0.4, 0.5) is 5.69 Å². The zero-order valence-electron chi connectivity index (χ0n) is 18.9. The Labute approximate surface area is 212 Å². The predicted molar refractivity (Wildman–Crippen MR) is 137 cm³/mol. The number of amides is 1. The highest BCUT2D eigenvalue weighted by Gasteiger charge is 2.38. The average molecular weight is 516 g/mol. The van der Waals surface area contributed by atoms with Crippen LogP contribution in [0.1, 0.15) is 23.9 Å². The van der Waals surface area contributed by atoms with E-state index in [9.17, 15) is 9.59 Å². The SMILES string of the molecule is COC(=O)C1=C(C)N(c2ccccc2Cl)C(=O)C1=Cc1cc(C)n(-c2ccc(Cl)cc2Cl)c1C. The van der Waals surface area contributed by atoms with Crippen LogP contribution >= 0.6 is 34.8 Å². The Morgan fingerprint density at radius 1 is 0.941 bits per heavy atom. The number of anilines is 1. The molecule has 0 spiro atoms. The van der Waals surface area contributed by atoms with Crippen LogP contribution in [-0.4, -0.2) is 23.6 Å². The number of benzene rings is 2. The molecule has 174 valence electrons. The number of para-hydroxylation sites is 1. The molecule has 0 N–H and O–H groups in total. The van der Waals surface area contributed by atoms with Crippen LogP contribution < -0.4 is 4.90 Å². The summed E-state index contributed by atoms with van der Waals surface area (Å²) in [5.74, 6) is -0.957. The number of halogens is 3. The van der Waals surface area contributed by atoms with E-state index in [-0.39, 0.29) is 17.1 Å². The van der Waals surface area contributed by atoms with Crippen LogP contribution in [0, 0.1) is 13.8 Å². The molecule has 0 unspecified atom stereocenters. The molecule has 34 heavy (non-hydrogen) atoms. The van der Waals surface area contributed by atoms with Gasteiger partial charge in [0.05, 0.1) is 39.7 Å². The summed E-state index contributed by atoms with van der Waals surface area (Å²) in [6.45, 7) is 5.56. The van der Waals surface area contributed by atoms with Gasteiger partial charge in [-0.1, -0.05) is 46.9 Å². The molecule has 0 bridgehead atoms. The van der Waals surface area contributed by atoms with E-state index in [1.807, 2.05) is 30.5 Å². The lowest BCUT2D eigenvalue weighted by Crippen LogP contribution is -2.24. The van der Waals surface area contributed by atoms with Crippen LogP contribution in [0.2, 0.25) is 15.1 Å². The fourth-order valence-corrected chi connectivity index (χ4v) is 4.94. The van der Waals surface area contributed by atoms with Gasteiger partial charge in [0, 0.05) is 22.1 Å². The maximum atomic E-state index is 13.6. The number of nitrogens with zero attached hydrogens (tertiary/aromatic N) is 2. The molecular weight excluding hydrogens is 495 g/mol. The van der Waals surface area contributed by atoms with Gasteiger partial charge in [-0.05, 0) is 68.8 Å². The zero-order chi connectivity index (χ0) is 24.7. The molecule has 0 atom stereocenters. The molecule has 4 rings (SSSR count). The summed E-state index contributed by atoms with van der Waals surface area (Å²) in [4.78, 5) is 27.7. The van der Waals surface area contributed by atoms with Gasteiger partial charge in [-0.15, -0.1) is 0 Å². The minimum absolute atomic E-state index is 0.196. The number of hydrogen-bond acceptors (Lipinski definition) is 3. The first-order chi connectivity index (χ1) is 16.1. The van der Waals surface area contributed by atoms with E-state index in [0.29, 0.717) is 26.5 Å². The first-order valence-electron chi connectivity index (χ1n) is 10.4. The number of hydrogen-bond donors (Lipinski definition) is 0. The molecule has 0 aliphatic carbocycles. The molecule has 5 nitrogen and oxygen atoms in total. The highest BCUT2D eigenvalue weighted by atomic mass is 35.5. The van der Waals surface area contributed by atoms with Crippen molar-refractivity contribution in [2.45, 2.75) is 20.8 Å². The lowest BCUT2D eigenvalue weighted by Gasteiger charge is -2.19. The van der Waals surface area contributed by atoms with E-state index in [2.05, 4.69) is 0 Å². The summed E-state index contributed by atoms with van der Waals surface area (Å²) in [5.41, 5.74) is 4.65. The molecule has 3 aromatic rings. The fourth-order valence-electron chi connectivity index (χ4n) is 4.23. The van der Waals surface area contributed by atoms with E-state index in [1.54, 1.807) is 49.4 Å². The molecule has 0 radical (unpaired) electrons. The van der Waals surface area contributed by atoms with Gasteiger partial charge >= 0.3 is 5.97 Å². The Morgan fingerprint density at radius 3 is 2.29 bits per heavy atom. The van der Waals surface area contributed by atoms with Crippen LogP contribution in [-0.2, 0) is 14.3 Å². The van der Waals surface area contributed by atoms with Gasteiger partial charge in [0.25, 0.3) is 5.91 Å². The van der Waals surface area contributed by atoms with Gasteiger partial charge in [-0.2, -0.15) is 0 Å². The lowest BCUT2D eigenvalue weighted by atomic mass is 10.0. The number of allylic oxidation sites excluding steroid dienone is 1. The lowest BCUT2D eigenvalue weighted by molar-refractivity contribution is -0.136. The molecule has 1 amide bonds. The van der Waals surface area contributed by atoms with E-state index in [4.69, 9.17) is 39.5 Å². The van der Waals surface area contributed by atoms with Crippen molar-refractivity contribution in [1.29, 1.82) is 0 Å². The van der Waals surface area contributed by atoms with Gasteiger partial charge in [0.1, 0.15) is 0 Å². The molecule has 0 saturated heterocycles. The largest absolute Gasteiger partial charge is 0.465 e. The van der Waals surface area contributed by atoms with E-state index in [1.165, 1.54) is 12.0 Å². The topological polar surface area (TPSA) is 51.5 Å². The number of carbonyl (C=O) groups is 2. The average Bonchev–Trinajstić information content (AvgIpc) is 3.20. The third-order valence-electron chi connectivity index (χ3n) is 5.80. The molecule has 8 heteroatoms. The second kappa shape index (κ2) is 9.34. The molecule has 1 aliphatic heterocycles. The molecule has 1 aliphatic rings. The van der Waals surface area contributed by atoms with Gasteiger partial charge in [-0.3, -0.25) is 9.69 Å². The maximum absolute atomic E-state index is 13.6. The number of esters is 1. The molecule has 1 aromatic heterocycles. The van der Waals surface area contributed by atoms with Crippen LogP contribution in [0.3, 0.4) is 0 Å². The minimum Gasteiger partial charge on any atom is -0.465 e. The van der Waals surface area contributed by atoms with Crippen molar-refractivity contribution in [3.63, 3.8) is 0 Å². The van der Waals surface area contributed by atoms with Gasteiger partial charge in [-0.25, -0.2) is 4.79 Å². The van der Waals surface area contributed by atoms with Crippen molar-refractivity contribution in [2.75, 3.05) is 12.0 Å². The van der Waals surface area contributed by atoms with Crippen molar-refractivity contribution >= 4 is 58.4 Å². The molecule has 2 aromatic carbocycles. The van der Waals surface area contributed by atoms with Crippen molar-refractivity contribution in [1.82, 2.24) is 4.57 Å². The smallest absolute Gasteiger partial charge is 0.340 e. The second-order valence-corrected chi connectivity index (χ2v) is 9.11. The van der Waals surface area contributed by atoms with Gasteiger partial charge in [0.2, 0.25) is 0 Å². The summed E-state index contributed by atoms with van der Waals surface area (Å²) in [7, 11) is 1.29. The summed E-state index contributed by atoms with van der Waals surface area (Å²) >= 11 is 18.9. The fraction of sp³-hybridized carbons (Fsp3) is 0.154. The number of carbonyl (C=O) groups excluding carboxylic acids is 2. The second-order valence-electron chi connectivity index (χ2n) is 7.86. The minimum atomic E-state index is -0.596. The Bertz CT molecular complexity index is 1400. The quantitative estimate of drug-likeness (QED) is 0.280. The van der Waals surface area contributed by atoms with Gasteiger partial charge in [0.15, 0.2) is 0 Å². The first kappa shape index (κ1) is 24.1. The number of aromatic nitrogens is 1. The summed E-state index contributed by atoms with van der Waals surface area (Å²) < 4.78 is 6.98. The number of rotatable bonds is 4. The Morgan fingerprint density at radius 2 is 1.65 bits per heavy atom. The molecular formula is C26H21Cl3N2O3. The normalized spacial score (nSPS) is 15.0. The molecule has 0 fully saturated rings. The maximum Gasteiger partial charge on any atom is 0.340 e. The van der Waals surface area contributed by atoms with Gasteiger partial charge < -0.3 is 9.30 Å². The highest BCUT2D eigenvalue weighted by Crippen LogP contribution is 2.39. The first-order valence-corrected chi connectivity index (χ1v) is 11.5. The van der Waals surface area contributed by atoms with E-state index >= 15 is 0 Å². The Kier molecular flexibility index (Phi) is 6.63. The van der Waals surface area contributed by atoms with Crippen LogP contribution in [0.25, 0.3) is 11.8 Å². The Hall–Kier alpha value is -2.99. The number of ether oxygens (including phenoxy) is 1. The van der Waals surface area contributed by atoms with Crippen molar-refractivity contribution in [2.24, 2.45) is 0 Å². The monoisotopic (exact) mass is 514 g/mol. The molecule has 2 heterocycles. The summed E-state index contributed by atoms with van der Waals surface area (Å²) in [5, 5.41) is 1.44. The number of methoxy groups -OCH3 is 1. The standard InChI is InChI=1S/C26H21Cl3N2O3/c1-14-11-17(15(2)30(14)23-10-9-18(27)13-21(23)29)12-19-24(26(33)34-4)16(3)31(25(19)32)22-8-6-5-7-20(22)28/h5-13H,1-4H3. The summed E-state index contributed by atoms with van der Waals surface area (Å²) in [6, 6.07) is 14.2. The van der Waals surface area contributed by atoms with Crippen molar-refractivity contribution in [3.05, 3.63) is 97.4 Å². The predicted octanol–water partition coefficient (Wildman–Crippen LogP) is 6.93. The van der Waals surface area contributed by atoms with Crippen LogP contribution in [0.15, 0.2) is 65.4 Å². The van der Waals surface area contributed by atoms with Crippen molar-refractivity contribution < 1.29 is 14.3 Å². The third kappa shape index (κ3) is 4.05. The van der Waals surface area contributed by atoms with E-state index in [0.717, 1.165) is 22.6 Å². The van der Waals surface area contributed by atoms with Crippen molar-refractivity contribution in [3.8, 4) is 5.69 Å². The Balaban J connectivity index is 1.88. The van der Waals surface area contributed by atoms with E-state index < -0.39 is 5.97 Å². The molecule has 0 saturated carbocycles. The zero-order valence-corrected chi connectivity index (χ0v) is 21.2. The number of aryl methyl sites for hydroxylation is 1. The highest BCUT2D eigenvalue weighted by molar-refractivity contribution is 6.36.